The molecule has 3 atom stereocenters. The van der Waals surface area contributed by atoms with E-state index in [0.29, 0.717) is 6.42 Å². The predicted octanol–water partition coefficient (Wildman–Crippen LogP) is 0.878. The minimum atomic E-state index is -0.708. The zero-order valence-corrected chi connectivity index (χ0v) is 13.0. The second kappa shape index (κ2) is 5.32. The highest BCUT2D eigenvalue weighted by molar-refractivity contribution is 9.09. The Morgan fingerprint density at radius 1 is 1.53 bits per heavy atom. The first-order valence-electron chi connectivity index (χ1n) is 5.74. The van der Waals surface area contributed by atoms with Gasteiger partial charge in [-0.2, -0.15) is 0 Å². The van der Waals surface area contributed by atoms with E-state index in [0.717, 1.165) is 0 Å². The van der Waals surface area contributed by atoms with Crippen molar-refractivity contribution in [1.82, 2.24) is 4.90 Å². The molecule has 0 radical (unpaired) electrons. The van der Waals surface area contributed by atoms with E-state index in [1.165, 1.54) is 23.6 Å². The third-order valence-corrected chi connectivity index (χ3v) is 4.97. The van der Waals surface area contributed by atoms with Gasteiger partial charge in [-0.05, 0) is 22.9 Å². The fourth-order valence-electron chi connectivity index (χ4n) is 2.33. The molecule has 0 N–H and O–H groups in total. The number of ether oxygens (including phenoxy) is 2. The van der Waals surface area contributed by atoms with Gasteiger partial charge in [0, 0.05) is 6.92 Å². The van der Waals surface area contributed by atoms with Gasteiger partial charge in [0.05, 0.1) is 16.5 Å². The van der Waals surface area contributed by atoms with E-state index in [4.69, 9.17) is 9.47 Å². The number of alkyl halides is 1. The third-order valence-electron chi connectivity index (χ3n) is 3.19. The van der Waals surface area contributed by atoms with E-state index in [-0.39, 0.29) is 23.4 Å². The highest BCUT2D eigenvalue weighted by Gasteiger charge is 2.61. The normalized spacial score (nSPS) is 32.6. The standard InChI is InChI=1S/C11H14BrNO5S/c1-6(14)17-4-11(2)9(10(16)18-5-12)13-7(15)3-8(13)19-11/h8-9H,3-5H2,1-2H3/t8-,9+,11+/m1/s1. The second-order valence-electron chi connectivity index (χ2n) is 4.65. The number of fused-ring (bicyclic) bond motifs is 1. The number of halogens is 1. The van der Waals surface area contributed by atoms with Crippen molar-refractivity contribution in [3.05, 3.63) is 0 Å². The monoisotopic (exact) mass is 351 g/mol. The number of nitrogens with zero attached hydrogens (tertiary/aromatic N) is 1. The number of thioether (sulfide) groups is 1. The van der Waals surface area contributed by atoms with Crippen LogP contribution < -0.4 is 0 Å². The molecular formula is C11H14BrNO5S. The van der Waals surface area contributed by atoms with E-state index >= 15 is 0 Å². The van der Waals surface area contributed by atoms with Crippen LogP contribution in [-0.4, -0.2) is 51.0 Å². The van der Waals surface area contributed by atoms with Crippen LogP contribution in [-0.2, 0) is 23.9 Å². The molecule has 0 aliphatic carbocycles. The van der Waals surface area contributed by atoms with Crippen molar-refractivity contribution in [3.8, 4) is 0 Å². The van der Waals surface area contributed by atoms with E-state index in [1.54, 1.807) is 0 Å². The number of rotatable bonds is 4. The zero-order valence-electron chi connectivity index (χ0n) is 10.6. The summed E-state index contributed by atoms with van der Waals surface area (Å²) < 4.78 is 9.32. The molecule has 2 aliphatic rings. The van der Waals surface area contributed by atoms with Crippen LogP contribution >= 0.6 is 27.7 Å². The first-order valence-corrected chi connectivity index (χ1v) is 7.74. The Morgan fingerprint density at radius 2 is 2.21 bits per heavy atom. The van der Waals surface area contributed by atoms with E-state index < -0.39 is 22.7 Å². The molecule has 2 saturated heterocycles. The lowest BCUT2D eigenvalue weighted by atomic mass is 9.97. The van der Waals surface area contributed by atoms with Crippen LogP contribution in [0.15, 0.2) is 0 Å². The van der Waals surface area contributed by atoms with E-state index in [2.05, 4.69) is 15.9 Å². The van der Waals surface area contributed by atoms with Crippen molar-refractivity contribution in [2.45, 2.75) is 36.4 Å². The summed E-state index contributed by atoms with van der Waals surface area (Å²) in [5.74, 6) is -0.954. The van der Waals surface area contributed by atoms with Crippen LogP contribution in [0.4, 0.5) is 0 Å². The number of carbonyl (C=O) groups is 3. The number of carbonyl (C=O) groups excluding carboxylic acids is 3. The number of esters is 2. The Balaban J connectivity index is 2.18. The molecule has 2 heterocycles. The van der Waals surface area contributed by atoms with E-state index in [9.17, 15) is 14.4 Å². The van der Waals surface area contributed by atoms with Gasteiger partial charge in [0.25, 0.3) is 0 Å². The lowest BCUT2D eigenvalue weighted by Crippen LogP contribution is -2.58. The van der Waals surface area contributed by atoms with Crippen molar-refractivity contribution < 1.29 is 23.9 Å². The summed E-state index contributed by atoms with van der Waals surface area (Å²) in [4.78, 5) is 36.2. The molecule has 0 unspecified atom stereocenters. The Bertz CT molecular complexity index is 431. The Hall–Kier alpha value is -0.760. The maximum Gasteiger partial charge on any atom is 0.331 e. The molecule has 8 heteroatoms. The van der Waals surface area contributed by atoms with Gasteiger partial charge in [-0.1, -0.05) is 0 Å². The molecule has 19 heavy (non-hydrogen) atoms. The van der Waals surface area contributed by atoms with Gasteiger partial charge in [0.2, 0.25) is 5.91 Å². The fraction of sp³-hybridized carbons (Fsp3) is 0.727. The largest absolute Gasteiger partial charge is 0.464 e. The zero-order chi connectivity index (χ0) is 14.2. The Morgan fingerprint density at radius 3 is 2.74 bits per heavy atom. The van der Waals surface area contributed by atoms with Gasteiger partial charge in [-0.25, -0.2) is 4.79 Å². The molecule has 2 rings (SSSR count). The molecule has 2 aliphatic heterocycles. The van der Waals surface area contributed by atoms with Crippen molar-refractivity contribution in [1.29, 1.82) is 0 Å². The van der Waals surface area contributed by atoms with Crippen molar-refractivity contribution in [3.63, 3.8) is 0 Å². The van der Waals surface area contributed by atoms with Crippen molar-refractivity contribution in [2.24, 2.45) is 0 Å². The molecule has 6 nitrogen and oxygen atoms in total. The number of hydrogen-bond acceptors (Lipinski definition) is 6. The molecule has 0 saturated carbocycles. The summed E-state index contributed by atoms with van der Waals surface area (Å²) >= 11 is 4.51. The molecule has 0 aromatic carbocycles. The highest BCUT2D eigenvalue weighted by Crippen LogP contribution is 2.51. The van der Waals surface area contributed by atoms with Crippen LogP contribution in [0.25, 0.3) is 0 Å². The van der Waals surface area contributed by atoms with Crippen LogP contribution in [0, 0.1) is 0 Å². The lowest BCUT2D eigenvalue weighted by molar-refractivity contribution is -0.161. The highest BCUT2D eigenvalue weighted by atomic mass is 79.9. The van der Waals surface area contributed by atoms with Gasteiger partial charge in [0.1, 0.15) is 18.2 Å². The molecular weight excluding hydrogens is 338 g/mol. The van der Waals surface area contributed by atoms with Crippen LogP contribution in [0.2, 0.25) is 0 Å². The second-order valence-corrected chi connectivity index (χ2v) is 6.82. The minimum absolute atomic E-state index is 0.0269. The minimum Gasteiger partial charge on any atom is -0.464 e. The fourth-order valence-corrected chi connectivity index (χ4v) is 4.22. The van der Waals surface area contributed by atoms with Crippen molar-refractivity contribution >= 4 is 45.5 Å². The van der Waals surface area contributed by atoms with E-state index in [1.807, 2.05) is 6.92 Å². The summed E-state index contributed by atoms with van der Waals surface area (Å²) in [7, 11) is 0. The number of hydrogen-bond donors (Lipinski definition) is 0. The SMILES string of the molecule is CC(=O)OC[C@]1(C)S[C@@H]2CC(=O)N2[C@H]1C(=O)OCBr. The molecule has 0 bridgehead atoms. The summed E-state index contributed by atoms with van der Waals surface area (Å²) in [5.41, 5.74) is 0.0728. The maximum atomic E-state index is 12.0. The van der Waals surface area contributed by atoms with Gasteiger partial charge in [-0.15, -0.1) is 11.8 Å². The first kappa shape index (κ1) is 14.6. The lowest BCUT2D eigenvalue weighted by Gasteiger charge is -2.37. The van der Waals surface area contributed by atoms with Gasteiger partial charge in [0.15, 0.2) is 0 Å². The van der Waals surface area contributed by atoms with Gasteiger partial charge in [-0.3, -0.25) is 9.59 Å². The summed E-state index contributed by atoms with van der Waals surface area (Å²) in [6.45, 7) is 3.20. The summed E-state index contributed by atoms with van der Waals surface area (Å²) in [6, 6.07) is -0.708. The van der Waals surface area contributed by atoms with Crippen LogP contribution in [0.3, 0.4) is 0 Å². The summed E-state index contributed by atoms with van der Waals surface area (Å²) in [6.07, 6.45) is 0.415. The smallest absolute Gasteiger partial charge is 0.331 e. The molecule has 0 spiro atoms. The molecule has 106 valence electrons. The average molecular weight is 352 g/mol. The molecule has 2 fully saturated rings. The predicted molar refractivity (Wildman–Crippen MR) is 71.6 cm³/mol. The molecule has 0 aromatic rings. The Labute approximate surface area is 123 Å². The summed E-state index contributed by atoms with van der Waals surface area (Å²) in [5, 5.41) is -0.0269. The first-order chi connectivity index (χ1) is 8.89. The van der Waals surface area contributed by atoms with Crippen LogP contribution in [0.1, 0.15) is 20.3 Å². The van der Waals surface area contributed by atoms with Gasteiger partial charge < -0.3 is 14.4 Å². The maximum absolute atomic E-state index is 12.0. The average Bonchev–Trinajstić information content (AvgIpc) is 2.56. The number of β-lactam (4-membered cyclic amide) rings is 1. The number of amides is 1. The quantitative estimate of drug-likeness (QED) is 0.425. The van der Waals surface area contributed by atoms with Crippen LogP contribution in [0.5, 0.6) is 0 Å². The Kier molecular flexibility index (Phi) is 4.10. The molecule has 1 amide bonds. The third kappa shape index (κ3) is 2.60. The topological polar surface area (TPSA) is 72.9 Å². The van der Waals surface area contributed by atoms with Crippen molar-refractivity contribution in [2.75, 3.05) is 12.1 Å². The van der Waals surface area contributed by atoms with Gasteiger partial charge >= 0.3 is 11.9 Å². The molecule has 0 aromatic heterocycles.